The van der Waals surface area contributed by atoms with Crippen molar-refractivity contribution < 1.29 is 5.21 Å². The SMILES string of the molecule is C#CCCCC(C)CNO. The van der Waals surface area contributed by atoms with Crippen LogP contribution < -0.4 is 5.48 Å². The third-order valence-electron chi connectivity index (χ3n) is 1.46. The van der Waals surface area contributed by atoms with Crippen molar-refractivity contribution in [1.82, 2.24) is 5.48 Å². The van der Waals surface area contributed by atoms with E-state index in [2.05, 4.69) is 18.3 Å². The average molecular weight is 141 g/mol. The van der Waals surface area contributed by atoms with Crippen LogP contribution in [0.4, 0.5) is 0 Å². The molecule has 1 unspecified atom stereocenters. The van der Waals surface area contributed by atoms with Gasteiger partial charge in [0.1, 0.15) is 0 Å². The lowest BCUT2D eigenvalue weighted by molar-refractivity contribution is 0.149. The lowest BCUT2D eigenvalue weighted by Crippen LogP contribution is -2.16. The van der Waals surface area contributed by atoms with Crippen LogP contribution in [0.25, 0.3) is 0 Å². The summed E-state index contributed by atoms with van der Waals surface area (Å²) in [6.45, 7) is 2.74. The normalized spacial score (nSPS) is 12.5. The van der Waals surface area contributed by atoms with Gasteiger partial charge in [-0.15, -0.1) is 12.3 Å². The van der Waals surface area contributed by atoms with Crippen molar-refractivity contribution in [2.45, 2.75) is 26.2 Å². The zero-order chi connectivity index (χ0) is 7.82. The maximum atomic E-state index is 8.30. The number of rotatable bonds is 5. The Morgan fingerprint density at radius 3 is 2.90 bits per heavy atom. The summed E-state index contributed by atoms with van der Waals surface area (Å²) in [5, 5.41) is 8.30. The first-order valence-electron chi connectivity index (χ1n) is 3.61. The largest absolute Gasteiger partial charge is 0.317 e. The molecule has 0 spiro atoms. The fraction of sp³-hybridized carbons (Fsp3) is 0.750. The molecular formula is C8H15NO. The molecule has 10 heavy (non-hydrogen) atoms. The number of nitrogens with one attached hydrogen (secondary N) is 1. The van der Waals surface area contributed by atoms with Crippen LogP contribution in [0, 0.1) is 18.3 Å². The van der Waals surface area contributed by atoms with E-state index in [1.807, 2.05) is 0 Å². The molecule has 0 fully saturated rings. The second-order valence-electron chi connectivity index (χ2n) is 2.56. The molecule has 0 aromatic carbocycles. The highest BCUT2D eigenvalue weighted by Gasteiger charge is 1.98. The van der Waals surface area contributed by atoms with E-state index in [4.69, 9.17) is 11.6 Å². The zero-order valence-corrected chi connectivity index (χ0v) is 6.43. The predicted octanol–water partition coefficient (Wildman–Crippen LogP) is 1.40. The van der Waals surface area contributed by atoms with E-state index < -0.39 is 0 Å². The van der Waals surface area contributed by atoms with E-state index in [-0.39, 0.29) is 0 Å². The maximum Gasteiger partial charge on any atom is 0.0233 e. The first kappa shape index (κ1) is 9.48. The highest BCUT2D eigenvalue weighted by molar-refractivity contribution is 4.83. The molecule has 2 N–H and O–H groups in total. The van der Waals surface area contributed by atoms with E-state index in [1.54, 1.807) is 0 Å². The number of hydrogen-bond donors (Lipinski definition) is 2. The molecule has 0 saturated carbocycles. The molecule has 0 aromatic heterocycles. The van der Waals surface area contributed by atoms with Crippen molar-refractivity contribution in [3.05, 3.63) is 0 Å². The Kier molecular flexibility index (Phi) is 6.25. The third kappa shape index (κ3) is 5.61. The van der Waals surface area contributed by atoms with Gasteiger partial charge in [0, 0.05) is 13.0 Å². The summed E-state index contributed by atoms with van der Waals surface area (Å²) in [7, 11) is 0. The van der Waals surface area contributed by atoms with Crippen LogP contribution >= 0.6 is 0 Å². The summed E-state index contributed by atoms with van der Waals surface area (Å²) in [5.74, 6) is 3.09. The molecule has 0 aromatic rings. The average Bonchev–Trinajstić information content (AvgIpc) is 1.89. The lowest BCUT2D eigenvalue weighted by atomic mass is 10.1. The van der Waals surface area contributed by atoms with Crippen molar-refractivity contribution in [3.8, 4) is 12.3 Å². The van der Waals surface area contributed by atoms with E-state index in [0.29, 0.717) is 12.5 Å². The van der Waals surface area contributed by atoms with Gasteiger partial charge < -0.3 is 5.21 Å². The third-order valence-corrected chi connectivity index (χ3v) is 1.46. The molecule has 0 aliphatic heterocycles. The molecule has 0 aliphatic carbocycles. The van der Waals surface area contributed by atoms with Gasteiger partial charge in [-0.1, -0.05) is 6.92 Å². The number of terminal acetylenes is 1. The summed E-state index contributed by atoms with van der Waals surface area (Å²) in [4.78, 5) is 0. The van der Waals surface area contributed by atoms with Gasteiger partial charge in [0.25, 0.3) is 0 Å². The monoisotopic (exact) mass is 141 g/mol. The van der Waals surface area contributed by atoms with E-state index in [9.17, 15) is 0 Å². The van der Waals surface area contributed by atoms with Gasteiger partial charge in [-0.25, -0.2) is 5.48 Å². The second-order valence-corrected chi connectivity index (χ2v) is 2.56. The quantitative estimate of drug-likeness (QED) is 0.344. The molecule has 2 heteroatoms. The Morgan fingerprint density at radius 1 is 1.70 bits per heavy atom. The Balaban J connectivity index is 3.06. The first-order chi connectivity index (χ1) is 4.81. The highest BCUT2D eigenvalue weighted by atomic mass is 16.5. The molecule has 0 saturated heterocycles. The summed E-state index contributed by atoms with van der Waals surface area (Å²) < 4.78 is 0. The molecule has 2 nitrogen and oxygen atoms in total. The maximum absolute atomic E-state index is 8.30. The fourth-order valence-electron chi connectivity index (χ4n) is 0.810. The van der Waals surface area contributed by atoms with Gasteiger partial charge in [0.2, 0.25) is 0 Å². The number of hydroxylamine groups is 1. The van der Waals surface area contributed by atoms with Crippen LogP contribution in [0.1, 0.15) is 26.2 Å². The molecule has 0 bridgehead atoms. The fourth-order valence-corrected chi connectivity index (χ4v) is 0.810. The summed E-state index contributed by atoms with van der Waals surface area (Å²) in [6, 6.07) is 0. The van der Waals surface area contributed by atoms with Crippen molar-refractivity contribution >= 4 is 0 Å². The van der Waals surface area contributed by atoms with Crippen molar-refractivity contribution in [2.24, 2.45) is 5.92 Å². The molecule has 0 heterocycles. The minimum absolute atomic E-state index is 0.512. The van der Waals surface area contributed by atoms with Crippen molar-refractivity contribution in [3.63, 3.8) is 0 Å². The smallest absolute Gasteiger partial charge is 0.0233 e. The topological polar surface area (TPSA) is 32.3 Å². The Hall–Kier alpha value is -0.520. The standard InChI is InChI=1S/C8H15NO/c1-3-4-5-6-8(2)7-9-10/h1,8-10H,4-7H2,2H3. The van der Waals surface area contributed by atoms with Gasteiger partial charge >= 0.3 is 0 Å². The Labute approximate surface area is 62.6 Å². The van der Waals surface area contributed by atoms with Crippen LogP contribution in [0.5, 0.6) is 0 Å². The van der Waals surface area contributed by atoms with E-state index in [1.165, 1.54) is 0 Å². The zero-order valence-electron chi connectivity index (χ0n) is 6.43. The van der Waals surface area contributed by atoms with Crippen LogP contribution in [0.3, 0.4) is 0 Å². The van der Waals surface area contributed by atoms with E-state index >= 15 is 0 Å². The van der Waals surface area contributed by atoms with E-state index in [0.717, 1.165) is 19.3 Å². The van der Waals surface area contributed by atoms with Gasteiger partial charge in [-0.2, -0.15) is 0 Å². The van der Waals surface area contributed by atoms with Crippen molar-refractivity contribution in [1.29, 1.82) is 0 Å². The number of unbranched alkanes of at least 4 members (excludes halogenated alkanes) is 1. The number of hydrogen-bond acceptors (Lipinski definition) is 2. The summed E-state index contributed by atoms with van der Waals surface area (Å²) in [5.41, 5.74) is 2.14. The minimum atomic E-state index is 0.512. The molecule has 0 aliphatic rings. The van der Waals surface area contributed by atoms with Gasteiger partial charge in [0.15, 0.2) is 0 Å². The van der Waals surface area contributed by atoms with Gasteiger partial charge in [-0.05, 0) is 18.8 Å². The molecule has 1 atom stereocenters. The van der Waals surface area contributed by atoms with Crippen LogP contribution in [0.2, 0.25) is 0 Å². The van der Waals surface area contributed by atoms with Gasteiger partial charge in [-0.3, -0.25) is 0 Å². The minimum Gasteiger partial charge on any atom is -0.317 e. The molecular weight excluding hydrogens is 126 g/mol. The first-order valence-corrected chi connectivity index (χ1v) is 3.61. The van der Waals surface area contributed by atoms with Crippen LogP contribution in [-0.2, 0) is 0 Å². The van der Waals surface area contributed by atoms with Crippen LogP contribution in [-0.4, -0.2) is 11.8 Å². The van der Waals surface area contributed by atoms with Crippen molar-refractivity contribution in [2.75, 3.05) is 6.54 Å². The Bertz CT molecular complexity index is 106. The van der Waals surface area contributed by atoms with Gasteiger partial charge in [0.05, 0.1) is 0 Å². The molecule has 0 amide bonds. The highest BCUT2D eigenvalue weighted by Crippen LogP contribution is 2.05. The lowest BCUT2D eigenvalue weighted by Gasteiger charge is -2.07. The van der Waals surface area contributed by atoms with Crippen LogP contribution in [0.15, 0.2) is 0 Å². The summed E-state index contributed by atoms with van der Waals surface area (Å²) >= 11 is 0. The Morgan fingerprint density at radius 2 is 2.40 bits per heavy atom. The second kappa shape index (κ2) is 6.60. The molecule has 0 rings (SSSR count). The molecule has 0 radical (unpaired) electrons. The molecule has 58 valence electrons. The summed E-state index contributed by atoms with van der Waals surface area (Å²) in [6.07, 6.45) is 8.05. The predicted molar refractivity (Wildman–Crippen MR) is 41.6 cm³/mol.